The van der Waals surface area contributed by atoms with Crippen molar-refractivity contribution >= 4 is 77.6 Å². The van der Waals surface area contributed by atoms with E-state index in [2.05, 4.69) is 53.7 Å². The molecule has 9 aromatic rings. The van der Waals surface area contributed by atoms with Crippen molar-refractivity contribution in [2.24, 2.45) is 0 Å². The lowest BCUT2D eigenvalue weighted by Gasteiger charge is -2.10. The average Bonchev–Trinajstić information content (AvgIpc) is 3.86. The number of fused-ring (bicyclic) bond motifs is 10. The molecule has 0 saturated carbocycles. The summed E-state index contributed by atoms with van der Waals surface area (Å²) in [6, 6.07) is 19.8. The summed E-state index contributed by atoms with van der Waals surface area (Å²) in [6.45, 7) is 13.1. The maximum absolute atomic E-state index is 14.3. The molecule has 0 radical (unpaired) electrons. The van der Waals surface area contributed by atoms with Crippen molar-refractivity contribution in [2.45, 2.75) is 53.4 Å². The Morgan fingerprint density at radius 2 is 0.978 bits per heavy atom. The summed E-state index contributed by atoms with van der Waals surface area (Å²) < 4.78 is 3.58. The van der Waals surface area contributed by atoms with Crippen LogP contribution in [0.15, 0.2) is 70.3 Å². The number of rotatable bonds is 4. The molecule has 0 spiro atoms. The normalized spacial score (nSPS) is 12.7. The van der Waals surface area contributed by atoms with Crippen molar-refractivity contribution < 1.29 is 0 Å². The van der Waals surface area contributed by atoms with Crippen molar-refractivity contribution in [2.75, 3.05) is 0 Å². The SMILES string of the molecule is Cc1cc(-c2c3nc4c5ccccc5c(=O)n4c3c(-c3cc(C)c(C(C)C)s3)c3c2nc2c4ccccc4c(=O)n23)sc1C(C)C. The van der Waals surface area contributed by atoms with E-state index >= 15 is 0 Å². The molecule has 0 aliphatic carbocycles. The van der Waals surface area contributed by atoms with Crippen LogP contribution in [0.3, 0.4) is 0 Å². The van der Waals surface area contributed by atoms with E-state index in [0.717, 1.165) is 53.7 Å². The second kappa shape index (κ2) is 9.44. The summed E-state index contributed by atoms with van der Waals surface area (Å²) in [5.74, 6) is 0.685. The first-order valence-electron chi connectivity index (χ1n) is 15.7. The molecule has 0 atom stereocenters. The van der Waals surface area contributed by atoms with Crippen LogP contribution in [0.25, 0.3) is 75.8 Å². The zero-order valence-electron chi connectivity index (χ0n) is 26.4. The minimum absolute atomic E-state index is 0.0991. The van der Waals surface area contributed by atoms with Gasteiger partial charge in [-0.3, -0.25) is 18.4 Å². The predicted molar refractivity (Wildman–Crippen MR) is 193 cm³/mol. The predicted octanol–water partition coefficient (Wildman–Crippen LogP) is 9.51. The molecule has 226 valence electrons. The smallest absolute Gasteiger partial charge is 0.264 e. The van der Waals surface area contributed by atoms with Gasteiger partial charge in [-0.1, -0.05) is 64.1 Å². The zero-order chi connectivity index (χ0) is 31.8. The molecule has 0 aliphatic heterocycles. The molecule has 0 unspecified atom stereocenters. The third-order valence-corrected chi connectivity index (χ3v) is 12.5. The molecule has 6 heterocycles. The van der Waals surface area contributed by atoms with Gasteiger partial charge >= 0.3 is 0 Å². The third kappa shape index (κ3) is 3.46. The molecule has 46 heavy (non-hydrogen) atoms. The van der Waals surface area contributed by atoms with Gasteiger partial charge in [-0.25, -0.2) is 9.97 Å². The molecular formula is C38H30N4O2S2. The molecule has 9 rings (SSSR count). The first-order valence-corrected chi connectivity index (χ1v) is 17.3. The quantitative estimate of drug-likeness (QED) is 0.193. The van der Waals surface area contributed by atoms with Crippen molar-refractivity contribution in [1.82, 2.24) is 18.8 Å². The van der Waals surface area contributed by atoms with Gasteiger partial charge in [-0.2, -0.15) is 0 Å². The Morgan fingerprint density at radius 1 is 0.587 bits per heavy atom. The highest BCUT2D eigenvalue weighted by atomic mass is 32.1. The van der Waals surface area contributed by atoms with Crippen molar-refractivity contribution in [3.05, 3.63) is 102 Å². The monoisotopic (exact) mass is 638 g/mol. The second-order valence-electron chi connectivity index (χ2n) is 13.0. The number of aromatic nitrogens is 4. The number of aryl methyl sites for hydroxylation is 2. The van der Waals surface area contributed by atoms with Gasteiger partial charge in [-0.05, 0) is 61.1 Å². The van der Waals surface area contributed by atoms with Gasteiger partial charge in [0.05, 0.1) is 21.8 Å². The van der Waals surface area contributed by atoms with Gasteiger partial charge in [0.25, 0.3) is 11.1 Å². The molecule has 0 N–H and O–H groups in total. The molecule has 0 fully saturated rings. The standard InChI is InChI=1S/C38H30N4O2S2/c1-17(2)33-19(5)15-25(45-33)27-29-31(41-35(39-29)21-11-7-9-13-23(21)37(41)43)28(26-16-20(6)34(46-26)18(3)4)32-30(27)40-36-22-12-8-10-14-24(22)38(44)42(32)36/h7-18H,1-6H3. The fraction of sp³-hybridized carbons (Fsp3) is 0.211. The van der Waals surface area contributed by atoms with Crippen LogP contribution >= 0.6 is 22.7 Å². The summed E-state index contributed by atoms with van der Waals surface area (Å²) in [7, 11) is 0. The van der Waals surface area contributed by atoms with Crippen molar-refractivity contribution in [1.29, 1.82) is 0 Å². The van der Waals surface area contributed by atoms with Gasteiger partial charge in [0.2, 0.25) is 0 Å². The van der Waals surface area contributed by atoms with Crippen molar-refractivity contribution in [3.63, 3.8) is 0 Å². The lowest BCUT2D eigenvalue weighted by atomic mass is 10.0. The van der Waals surface area contributed by atoms with E-state index in [4.69, 9.17) is 9.97 Å². The Bertz CT molecular complexity index is 2690. The molecule has 8 heteroatoms. The van der Waals surface area contributed by atoms with E-state index in [1.807, 2.05) is 48.5 Å². The van der Waals surface area contributed by atoms with E-state index in [-0.39, 0.29) is 11.1 Å². The molecular weight excluding hydrogens is 609 g/mol. The summed E-state index contributed by atoms with van der Waals surface area (Å²) in [5, 5.41) is 2.93. The van der Waals surface area contributed by atoms with E-state index in [1.54, 1.807) is 31.5 Å². The highest BCUT2D eigenvalue weighted by Gasteiger charge is 2.31. The maximum atomic E-state index is 14.3. The molecule has 3 aromatic carbocycles. The number of thiophene rings is 2. The van der Waals surface area contributed by atoms with Gasteiger partial charge in [0.1, 0.15) is 22.3 Å². The Labute approximate surface area is 271 Å². The minimum atomic E-state index is -0.0991. The Kier molecular flexibility index (Phi) is 5.67. The van der Waals surface area contributed by atoms with E-state index < -0.39 is 0 Å². The summed E-state index contributed by atoms with van der Waals surface area (Å²) >= 11 is 3.48. The summed E-state index contributed by atoms with van der Waals surface area (Å²) in [5.41, 5.74) is 8.16. The first-order chi connectivity index (χ1) is 22.2. The van der Waals surface area contributed by atoms with E-state index in [0.29, 0.717) is 33.9 Å². The van der Waals surface area contributed by atoms with E-state index in [1.165, 1.54) is 20.9 Å². The number of hydrogen-bond acceptors (Lipinski definition) is 6. The largest absolute Gasteiger partial charge is 0.268 e. The summed E-state index contributed by atoms with van der Waals surface area (Å²) in [6.07, 6.45) is 0. The van der Waals surface area contributed by atoms with E-state index in [9.17, 15) is 9.59 Å². The highest BCUT2D eigenvalue weighted by molar-refractivity contribution is 7.16. The first kappa shape index (κ1) is 27.6. The van der Waals surface area contributed by atoms with Crippen LogP contribution in [0.5, 0.6) is 0 Å². The number of benzene rings is 3. The molecule has 6 aromatic heterocycles. The van der Waals surface area contributed by atoms with Gasteiger partial charge in [0, 0.05) is 41.4 Å². The molecule has 0 amide bonds. The van der Waals surface area contributed by atoms with Crippen LogP contribution in [0.4, 0.5) is 0 Å². The molecule has 0 aliphatic rings. The molecule has 6 nitrogen and oxygen atoms in total. The Hall–Kier alpha value is -4.66. The topological polar surface area (TPSA) is 68.7 Å². The Balaban J connectivity index is 1.61. The van der Waals surface area contributed by atoms with Gasteiger partial charge < -0.3 is 0 Å². The van der Waals surface area contributed by atoms with Gasteiger partial charge in [-0.15, -0.1) is 22.7 Å². The zero-order valence-corrected chi connectivity index (χ0v) is 28.0. The fourth-order valence-electron chi connectivity index (χ4n) is 7.45. The molecule has 0 bridgehead atoms. The van der Waals surface area contributed by atoms with Crippen LogP contribution in [-0.4, -0.2) is 18.8 Å². The number of hydrogen-bond donors (Lipinski definition) is 0. The van der Waals surface area contributed by atoms with Crippen molar-refractivity contribution in [3.8, 4) is 20.9 Å². The number of nitrogens with zero attached hydrogens (tertiary/aromatic N) is 4. The average molecular weight is 639 g/mol. The fourth-order valence-corrected chi connectivity index (χ4v) is 9.90. The van der Waals surface area contributed by atoms with Crippen LogP contribution in [0.1, 0.15) is 60.4 Å². The minimum Gasteiger partial charge on any atom is -0.268 e. The molecule has 0 saturated heterocycles. The van der Waals surface area contributed by atoms with Gasteiger partial charge in [0.15, 0.2) is 0 Å². The highest BCUT2D eigenvalue weighted by Crippen LogP contribution is 2.49. The maximum Gasteiger partial charge on any atom is 0.264 e. The van der Waals surface area contributed by atoms with Crippen LogP contribution in [-0.2, 0) is 0 Å². The summed E-state index contributed by atoms with van der Waals surface area (Å²) in [4.78, 5) is 43.9. The lowest BCUT2D eigenvalue weighted by molar-refractivity contribution is 0.881. The number of imidazole rings is 2. The van der Waals surface area contributed by atoms with Crippen LogP contribution < -0.4 is 11.1 Å². The van der Waals surface area contributed by atoms with Crippen LogP contribution in [0, 0.1) is 13.8 Å². The lowest BCUT2D eigenvalue weighted by Crippen LogP contribution is -2.08. The Morgan fingerprint density at radius 3 is 1.37 bits per heavy atom. The third-order valence-electron chi connectivity index (χ3n) is 9.36. The second-order valence-corrected chi connectivity index (χ2v) is 15.2. The van der Waals surface area contributed by atoms with Crippen LogP contribution in [0.2, 0.25) is 0 Å².